The van der Waals surface area contributed by atoms with E-state index in [0.717, 1.165) is 26.4 Å². The van der Waals surface area contributed by atoms with Crippen LogP contribution in [0, 0.1) is 0 Å². The molecule has 182 valence electrons. The van der Waals surface area contributed by atoms with Gasteiger partial charge in [-0.1, -0.05) is 12.1 Å². The first kappa shape index (κ1) is 23.1. The third-order valence-corrected chi connectivity index (χ3v) is 7.26. The maximum absolute atomic E-state index is 13.3. The zero-order valence-corrected chi connectivity index (χ0v) is 21.1. The molecule has 0 spiro atoms. The van der Waals surface area contributed by atoms with Gasteiger partial charge in [0, 0.05) is 52.2 Å². The van der Waals surface area contributed by atoms with Gasteiger partial charge in [-0.05, 0) is 81.3 Å². The first-order valence-electron chi connectivity index (χ1n) is 11.7. The molecule has 0 unspecified atom stereocenters. The average molecular weight is 554 g/mol. The summed E-state index contributed by atoms with van der Waals surface area (Å²) in [5.41, 5.74) is 3.94. The molecule has 2 N–H and O–H groups in total. The Hall–Kier alpha value is -4.37. The average Bonchev–Trinajstić information content (AvgIpc) is 2.92. The van der Waals surface area contributed by atoms with Crippen molar-refractivity contribution in [1.82, 2.24) is 19.9 Å². The van der Waals surface area contributed by atoms with E-state index in [0.29, 0.717) is 47.2 Å². The molecule has 0 fully saturated rings. The highest BCUT2D eigenvalue weighted by Crippen LogP contribution is 2.26. The molecule has 1 aliphatic heterocycles. The fraction of sp³-hybridized carbons (Fsp3) is 0.107. The molecular formula is C28H20BrN5O3. The van der Waals surface area contributed by atoms with E-state index in [1.54, 1.807) is 36.7 Å². The van der Waals surface area contributed by atoms with Crippen LogP contribution in [-0.2, 0) is 13.0 Å². The van der Waals surface area contributed by atoms with Crippen LogP contribution in [0.1, 0.15) is 31.8 Å². The van der Waals surface area contributed by atoms with Gasteiger partial charge in [-0.3, -0.25) is 19.4 Å². The number of halogens is 1. The number of nitrogens with one attached hydrogen (secondary N) is 2. The van der Waals surface area contributed by atoms with Crippen LogP contribution in [0.15, 0.2) is 82.6 Å². The molecule has 8 nitrogen and oxygen atoms in total. The number of hydrogen-bond donors (Lipinski definition) is 2. The van der Waals surface area contributed by atoms with Crippen molar-refractivity contribution in [3.05, 3.63) is 110 Å². The number of aromatic nitrogens is 3. The van der Waals surface area contributed by atoms with Crippen molar-refractivity contribution in [1.29, 1.82) is 0 Å². The van der Waals surface area contributed by atoms with Crippen LogP contribution >= 0.6 is 15.9 Å². The lowest BCUT2D eigenvalue weighted by molar-refractivity contribution is 0.0735. The summed E-state index contributed by atoms with van der Waals surface area (Å²) in [4.78, 5) is 51.1. The van der Waals surface area contributed by atoms with Gasteiger partial charge in [-0.15, -0.1) is 0 Å². The number of hydrogen-bond acceptors (Lipinski definition) is 5. The molecule has 3 heterocycles. The topological polar surface area (TPSA) is 108 Å². The number of carbonyl (C=O) groups is 2. The largest absolute Gasteiger partial charge is 0.334 e. The van der Waals surface area contributed by atoms with E-state index in [-0.39, 0.29) is 17.4 Å². The number of aromatic amines is 1. The van der Waals surface area contributed by atoms with Crippen molar-refractivity contribution in [3.63, 3.8) is 0 Å². The standard InChI is InChI=1S/C28H20BrN5O3/c29-24-13-30-12-19-4-3-18(10-22(19)24)28(37)34-8-7-16-1-2-17(9-20(16)14-34)26(35)33-21-5-6-25-23(11-21)27(36)32-15-31-25/h1-6,9-13,15H,7-8,14H2,(H,33,35)(H,31,32,36). The van der Waals surface area contributed by atoms with Crippen molar-refractivity contribution in [2.45, 2.75) is 13.0 Å². The van der Waals surface area contributed by atoms with E-state index < -0.39 is 0 Å². The number of H-pyrrole nitrogens is 1. The lowest BCUT2D eigenvalue weighted by atomic mass is 9.96. The molecule has 37 heavy (non-hydrogen) atoms. The molecule has 6 rings (SSSR count). The lowest BCUT2D eigenvalue weighted by Crippen LogP contribution is -2.36. The Balaban J connectivity index is 1.22. The van der Waals surface area contributed by atoms with E-state index in [4.69, 9.17) is 0 Å². The Bertz CT molecular complexity index is 1780. The highest BCUT2D eigenvalue weighted by Gasteiger charge is 2.23. The molecule has 3 aromatic carbocycles. The van der Waals surface area contributed by atoms with Crippen LogP contribution in [0.3, 0.4) is 0 Å². The predicted octanol–water partition coefficient (Wildman–Crippen LogP) is 4.68. The van der Waals surface area contributed by atoms with Crippen molar-refractivity contribution in [2.24, 2.45) is 0 Å². The molecule has 0 bridgehead atoms. The summed E-state index contributed by atoms with van der Waals surface area (Å²) >= 11 is 3.51. The lowest BCUT2D eigenvalue weighted by Gasteiger charge is -2.29. The second kappa shape index (κ2) is 9.25. The van der Waals surface area contributed by atoms with E-state index >= 15 is 0 Å². The van der Waals surface area contributed by atoms with Crippen LogP contribution in [0.4, 0.5) is 5.69 Å². The summed E-state index contributed by atoms with van der Waals surface area (Å²) in [7, 11) is 0. The summed E-state index contributed by atoms with van der Waals surface area (Å²) in [5.74, 6) is -0.347. The summed E-state index contributed by atoms with van der Waals surface area (Å²) in [6.07, 6.45) is 5.54. The van der Waals surface area contributed by atoms with Gasteiger partial charge < -0.3 is 15.2 Å². The molecule has 1 aliphatic rings. The molecular weight excluding hydrogens is 534 g/mol. The van der Waals surface area contributed by atoms with Gasteiger partial charge in [-0.2, -0.15) is 0 Å². The second-order valence-electron chi connectivity index (χ2n) is 8.94. The van der Waals surface area contributed by atoms with E-state index in [1.807, 2.05) is 35.2 Å². The summed E-state index contributed by atoms with van der Waals surface area (Å²) in [6, 6.07) is 16.2. The minimum atomic E-state index is -0.293. The summed E-state index contributed by atoms with van der Waals surface area (Å²) < 4.78 is 0.839. The van der Waals surface area contributed by atoms with Crippen LogP contribution < -0.4 is 10.9 Å². The number of rotatable bonds is 3. The highest BCUT2D eigenvalue weighted by molar-refractivity contribution is 9.10. The Morgan fingerprint density at radius 3 is 2.70 bits per heavy atom. The van der Waals surface area contributed by atoms with Gasteiger partial charge in [0.1, 0.15) is 0 Å². The molecule has 5 aromatic rings. The fourth-order valence-corrected chi connectivity index (χ4v) is 5.13. The molecule has 2 aromatic heterocycles. The van der Waals surface area contributed by atoms with Gasteiger partial charge in [0.15, 0.2) is 0 Å². The van der Waals surface area contributed by atoms with E-state index in [9.17, 15) is 14.4 Å². The Morgan fingerprint density at radius 1 is 0.946 bits per heavy atom. The van der Waals surface area contributed by atoms with Gasteiger partial charge in [-0.25, -0.2) is 4.98 Å². The molecule has 0 saturated heterocycles. The minimum Gasteiger partial charge on any atom is -0.334 e. The number of carbonyl (C=O) groups excluding carboxylic acids is 2. The molecule has 0 saturated carbocycles. The van der Waals surface area contributed by atoms with Crippen LogP contribution in [0.25, 0.3) is 21.7 Å². The Labute approximate surface area is 219 Å². The molecule has 2 amide bonds. The Kier molecular flexibility index (Phi) is 5.77. The van der Waals surface area contributed by atoms with E-state index in [1.165, 1.54) is 6.33 Å². The Morgan fingerprint density at radius 2 is 1.81 bits per heavy atom. The summed E-state index contributed by atoms with van der Waals surface area (Å²) in [5, 5.41) is 5.15. The monoisotopic (exact) mass is 553 g/mol. The van der Waals surface area contributed by atoms with Crippen LogP contribution in [-0.4, -0.2) is 38.2 Å². The third-order valence-electron chi connectivity index (χ3n) is 6.63. The normalized spacial score (nSPS) is 12.9. The third kappa shape index (κ3) is 4.38. The van der Waals surface area contributed by atoms with Gasteiger partial charge in [0.05, 0.1) is 17.2 Å². The number of amides is 2. The van der Waals surface area contributed by atoms with E-state index in [2.05, 4.69) is 36.2 Å². The SMILES string of the molecule is O=C(Nc1ccc2nc[nH]c(=O)c2c1)c1ccc2c(c1)CN(C(=O)c1ccc3cncc(Br)c3c1)CC2. The minimum absolute atomic E-state index is 0.0545. The summed E-state index contributed by atoms with van der Waals surface area (Å²) in [6.45, 7) is 1.02. The number of benzene rings is 3. The zero-order chi connectivity index (χ0) is 25.5. The zero-order valence-electron chi connectivity index (χ0n) is 19.5. The molecule has 0 radical (unpaired) electrons. The molecule has 0 atom stereocenters. The van der Waals surface area contributed by atoms with Crippen molar-refractivity contribution in [3.8, 4) is 0 Å². The quantitative estimate of drug-likeness (QED) is 0.337. The van der Waals surface area contributed by atoms with Crippen LogP contribution in [0.2, 0.25) is 0 Å². The number of nitrogens with zero attached hydrogens (tertiary/aromatic N) is 3. The van der Waals surface area contributed by atoms with Gasteiger partial charge >= 0.3 is 0 Å². The first-order valence-corrected chi connectivity index (χ1v) is 12.5. The fourth-order valence-electron chi connectivity index (χ4n) is 4.67. The molecule has 0 aliphatic carbocycles. The number of fused-ring (bicyclic) bond motifs is 3. The number of anilines is 1. The maximum Gasteiger partial charge on any atom is 0.258 e. The van der Waals surface area contributed by atoms with Gasteiger partial charge in [0.2, 0.25) is 0 Å². The second-order valence-corrected chi connectivity index (χ2v) is 9.79. The van der Waals surface area contributed by atoms with Gasteiger partial charge in [0.25, 0.3) is 17.4 Å². The number of pyridine rings is 1. The van der Waals surface area contributed by atoms with Crippen molar-refractivity contribution in [2.75, 3.05) is 11.9 Å². The smallest absolute Gasteiger partial charge is 0.258 e. The van der Waals surface area contributed by atoms with Crippen LogP contribution in [0.5, 0.6) is 0 Å². The highest BCUT2D eigenvalue weighted by atomic mass is 79.9. The van der Waals surface area contributed by atoms with Crippen molar-refractivity contribution >= 4 is 55.1 Å². The molecule has 9 heteroatoms. The van der Waals surface area contributed by atoms with Crippen molar-refractivity contribution < 1.29 is 9.59 Å². The predicted molar refractivity (Wildman–Crippen MR) is 145 cm³/mol. The first-order chi connectivity index (χ1) is 18.0. The maximum atomic E-state index is 13.3.